The van der Waals surface area contributed by atoms with Crippen molar-refractivity contribution in [3.05, 3.63) is 94.9 Å². The van der Waals surface area contributed by atoms with Gasteiger partial charge in [0.1, 0.15) is 5.76 Å². The molecule has 180 valence electrons. The first kappa shape index (κ1) is 24.4. The van der Waals surface area contributed by atoms with E-state index in [4.69, 9.17) is 13.9 Å². The summed E-state index contributed by atoms with van der Waals surface area (Å²) in [6.45, 7) is 4.33. The third kappa shape index (κ3) is 5.87. The zero-order valence-corrected chi connectivity index (χ0v) is 21.1. The van der Waals surface area contributed by atoms with E-state index in [-0.39, 0.29) is 5.91 Å². The number of amides is 1. The second kappa shape index (κ2) is 11.1. The Morgan fingerprint density at radius 2 is 1.71 bits per heavy atom. The van der Waals surface area contributed by atoms with E-state index >= 15 is 0 Å². The predicted octanol–water partition coefficient (Wildman–Crippen LogP) is 6.20. The topological polar surface area (TPSA) is 73.6 Å². The molecule has 0 unspecified atom stereocenters. The Labute approximate surface area is 209 Å². The number of aryl methyl sites for hydroxylation is 2. The maximum absolute atomic E-state index is 12.7. The third-order valence-corrected chi connectivity index (χ3v) is 6.63. The molecule has 3 aromatic carbocycles. The summed E-state index contributed by atoms with van der Waals surface area (Å²) in [6.07, 6.45) is 0. The van der Waals surface area contributed by atoms with Crippen molar-refractivity contribution in [2.45, 2.75) is 31.0 Å². The summed E-state index contributed by atoms with van der Waals surface area (Å²) in [5.74, 6) is 3.14. The van der Waals surface area contributed by atoms with Crippen LogP contribution in [0.2, 0.25) is 0 Å². The van der Waals surface area contributed by atoms with Crippen LogP contribution in [0.3, 0.4) is 0 Å². The summed E-state index contributed by atoms with van der Waals surface area (Å²) in [6, 6.07) is 21.3. The molecule has 0 radical (unpaired) electrons. The van der Waals surface area contributed by atoms with Gasteiger partial charge in [-0.1, -0.05) is 29.8 Å². The maximum Gasteiger partial charge on any atom is 0.251 e. The highest BCUT2D eigenvalue weighted by Gasteiger charge is 2.14. The molecule has 0 saturated heterocycles. The van der Waals surface area contributed by atoms with E-state index in [1.807, 2.05) is 37.3 Å². The number of methoxy groups -OCH3 is 2. The number of hydrogen-bond donors (Lipinski definition) is 1. The smallest absolute Gasteiger partial charge is 0.251 e. The van der Waals surface area contributed by atoms with E-state index < -0.39 is 0 Å². The normalized spacial score (nSPS) is 10.7. The first-order valence-electron chi connectivity index (χ1n) is 11.2. The Balaban J connectivity index is 1.39. The number of thioether (sulfide) groups is 1. The fourth-order valence-electron chi connectivity index (χ4n) is 3.61. The number of ether oxygens (including phenoxy) is 2. The molecule has 4 aromatic rings. The number of oxazole rings is 1. The van der Waals surface area contributed by atoms with Crippen LogP contribution < -0.4 is 14.8 Å². The van der Waals surface area contributed by atoms with Gasteiger partial charge in [0.15, 0.2) is 11.5 Å². The molecule has 35 heavy (non-hydrogen) atoms. The van der Waals surface area contributed by atoms with Gasteiger partial charge in [-0.2, -0.15) is 0 Å². The number of nitrogens with zero attached hydrogens (tertiary/aromatic N) is 1. The second-order valence-electron chi connectivity index (χ2n) is 8.04. The Bertz CT molecular complexity index is 1300. The molecule has 0 atom stereocenters. The summed E-state index contributed by atoms with van der Waals surface area (Å²) in [7, 11) is 3.17. The van der Waals surface area contributed by atoms with Crippen molar-refractivity contribution in [1.82, 2.24) is 10.3 Å². The number of rotatable bonds is 9. The van der Waals surface area contributed by atoms with Gasteiger partial charge in [0.05, 0.1) is 19.9 Å². The summed E-state index contributed by atoms with van der Waals surface area (Å²) in [4.78, 5) is 18.6. The zero-order chi connectivity index (χ0) is 24.8. The highest BCUT2D eigenvalue weighted by molar-refractivity contribution is 7.98. The highest BCUT2D eigenvalue weighted by Crippen LogP contribution is 2.31. The van der Waals surface area contributed by atoms with Crippen molar-refractivity contribution in [3.63, 3.8) is 0 Å². The minimum absolute atomic E-state index is 0.180. The largest absolute Gasteiger partial charge is 0.493 e. The van der Waals surface area contributed by atoms with Crippen LogP contribution in [-0.2, 0) is 12.3 Å². The summed E-state index contributed by atoms with van der Waals surface area (Å²) in [5.41, 5.74) is 4.37. The zero-order valence-electron chi connectivity index (χ0n) is 20.3. The average molecular weight is 489 g/mol. The molecule has 0 aliphatic heterocycles. The van der Waals surface area contributed by atoms with E-state index in [9.17, 15) is 4.79 Å². The molecule has 0 fully saturated rings. The van der Waals surface area contributed by atoms with Gasteiger partial charge in [0, 0.05) is 33.9 Å². The molecule has 1 amide bonds. The molecule has 7 heteroatoms. The van der Waals surface area contributed by atoms with Crippen molar-refractivity contribution < 1.29 is 18.7 Å². The number of benzene rings is 3. The molecule has 0 saturated carbocycles. The lowest BCUT2D eigenvalue weighted by Gasteiger charge is -2.13. The number of nitrogens with one attached hydrogen (secondary N) is 1. The molecule has 1 heterocycles. The van der Waals surface area contributed by atoms with Gasteiger partial charge < -0.3 is 19.2 Å². The van der Waals surface area contributed by atoms with Crippen molar-refractivity contribution in [3.8, 4) is 23.0 Å². The van der Waals surface area contributed by atoms with Gasteiger partial charge in [-0.15, -0.1) is 11.8 Å². The van der Waals surface area contributed by atoms with Crippen molar-refractivity contribution in [2.24, 2.45) is 0 Å². The number of carbonyl (C=O) groups is 1. The number of carbonyl (C=O) groups excluding carboxylic acids is 1. The maximum atomic E-state index is 12.7. The van der Waals surface area contributed by atoms with Gasteiger partial charge in [-0.25, -0.2) is 4.98 Å². The van der Waals surface area contributed by atoms with Gasteiger partial charge in [-0.05, 0) is 56.3 Å². The molecule has 6 nitrogen and oxygen atoms in total. The van der Waals surface area contributed by atoms with Crippen LogP contribution in [0.1, 0.15) is 32.9 Å². The fourth-order valence-corrected chi connectivity index (χ4v) is 4.51. The molecule has 1 aromatic heterocycles. The molecular weight excluding hydrogens is 460 g/mol. The summed E-state index contributed by atoms with van der Waals surface area (Å²) >= 11 is 1.73. The number of para-hydroxylation sites is 1. The fraction of sp³-hybridized carbons (Fsp3) is 0.214. The third-order valence-electron chi connectivity index (χ3n) is 5.61. The minimum Gasteiger partial charge on any atom is -0.493 e. The van der Waals surface area contributed by atoms with E-state index in [1.54, 1.807) is 38.1 Å². The molecule has 0 spiro atoms. The molecular formula is C28H28N2O4S. The Kier molecular flexibility index (Phi) is 7.77. The Morgan fingerprint density at radius 1 is 0.971 bits per heavy atom. The van der Waals surface area contributed by atoms with E-state index in [2.05, 4.69) is 41.5 Å². The quantitative estimate of drug-likeness (QED) is 0.283. The van der Waals surface area contributed by atoms with Crippen LogP contribution in [0.4, 0.5) is 0 Å². The van der Waals surface area contributed by atoms with Crippen LogP contribution in [0.5, 0.6) is 11.5 Å². The molecule has 0 aliphatic carbocycles. The van der Waals surface area contributed by atoms with E-state index in [0.717, 1.165) is 28.3 Å². The van der Waals surface area contributed by atoms with E-state index in [1.165, 1.54) is 10.5 Å². The second-order valence-corrected chi connectivity index (χ2v) is 9.09. The van der Waals surface area contributed by atoms with Crippen molar-refractivity contribution in [1.29, 1.82) is 0 Å². The molecule has 0 aliphatic rings. The lowest BCUT2D eigenvalue weighted by molar-refractivity contribution is 0.0950. The van der Waals surface area contributed by atoms with Gasteiger partial charge >= 0.3 is 0 Å². The SMILES string of the molecule is COc1cccc(CNC(=O)c2ccc(-c3nc(CSc4ccc(C)cc4)c(C)o3)cc2)c1OC. The summed E-state index contributed by atoms with van der Waals surface area (Å²) in [5, 5.41) is 2.93. The van der Waals surface area contributed by atoms with Crippen LogP contribution in [0.15, 0.2) is 76.0 Å². The summed E-state index contributed by atoms with van der Waals surface area (Å²) < 4.78 is 16.7. The van der Waals surface area contributed by atoms with Gasteiger partial charge in [0.2, 0.25) is 5.89 Å². The minimum atomic E-state index is -0.180. The van der Waals surface area contributed by atoms with Crippen molar-refractivity contribution >= 4 is 17.7 Å². The lowest BCUT2D eigenvalue weighted by Crippen LogP contribution is -2.23. The monoisotopic (exact) mass is 488 g/mol. The highest BCUT2D eigenvalue weighted by atomic mass is 32.2. The predicted molar refractivity (Wildman–Crippen MR) is 138 cm³/mol. The van der Waals surface area contributed by atoms with Crippen LogP contribution in [0.25, 0.3) is 11.5 Å². The van der Waals surface area contributed by atoms with E-state index in [0.29, 0.717) is 29.5 Å². The Morgan fingerprint density at radius 3 is 2.40 bits per heavy atom. The van der Waals surface area contributed by atoms with Crippen molar-refractivity contribution in [2.75, 3.05) is 14.2 Å². The molecule has 0 bridgehead atoms. The van der Waals surface area contributed by atoms with Gasteiger partial charge in [0.25, 0.3) is 5.91 Å². The lowest BCUT2D eigenvalue weighted by atomic mass is 10.1. The molecule has 1 N–H and O–H groups in total. The van der Waals surface area contributed by atoms with Crippen LogP contribution in [-0.4, -0.2) is 25.1 Å². The molecule has 4 rings (SSSR count). The van der Waals surface area contributed by atoms with Gasteiger partial charge in [-0.3, -0.25) is 4.79 Å². The Hall–Kier alpha value is -3.71. The number of hydrogen-bond acceptors (Lipinski definition) is 6. The van der Waals surface area contributed by atoms with Crippen LogP contribution in [0, 0.1) is 13.8 Å². The van der Waals surface area contributed by atoms with Crippen LogP contribution >= 0.6 is 11.8 Å². The first-order valence-corrected chi connectivity index (χ1v) is 12.2. The number of aromatic nitrogens is 1. The first-order chi connectivity index (χ1) is 17.0. The standard InChI is InChI=1S/C28H28N2O4S/c1-18-8-14-23(15-9-18)35-17-24-19(2)34-28(30-24)21-12-10-20(11-13-21)27(31)29-16-22-6-5-7-25(32-3)26(22)33-4/h5-15H,16-17H2,1-4H3,(H,29,31). The average Bonchev–Trinajstić information content (AvgIpc) is 3.26.